The maximum Gasteiger partial charge on any atom is 0.313 e. The molecule has 0 aromatic carbocycles. The lowest BCUT2D eigenvalue weighted by Gasteiger charge is -2.28. The van der Waals surface area contributed by atoms with Crippen LogP contribution in [0.25, 0.3) is 0 Å². The van der Waals surface area contributed by atoms with E-state index in [1.54, 1.807) is 28.9 Å². The Morgan fingerprint density at radius 2 is 2.00 bits per heavy atom. The van der Waals surface area contributed by atoms with Crippen LogP contribution in [-0.2, 0) is 11.8 Å². The Bertz CT molecular complexity index is 667. The molecule has 1 saturated carbocycles. The van der Waals surface area contributed by atoms with Crippen LogP contribution in [0.5, 0.6) is 0 Å². The molecule has 3 fully saturated rings. The van der Waals surface area contributed by atoms with Gasteiger partial charge in [-0.25, -0.2) is 0 Å². The molecule has 2 saturated heterocycles. The second-order valence-corrected chi connectivity index (χ2v) is 7.55. The monoisotopic (exact) mass is 332 g/mol. The predicted molar refractivity (Wildman–Crippen MR) is 86.5 cm³/mol. The Labute approximate surface area is 141 Å². The van der Waals surface area contributed by atoms with E-state index in [2.05, 4.69) is 10.00 Å². The number of rotatable bonds is 3. The highest BCUT2D eigenvalue weighted by molar-refractivity contribution is 5.93. The van der Waals surface area contributed by atoms with Crippen molar-refractivity contribution in [2.24, 2.45) is 18.4 Å². The average Bonchev–Trinajstić information content (AvgIpc) is 3.28. The molecule has 0 bridgehead atoms. The summed E-state index contributed by atoms with van der Waals surface area (Å²) >= 11 is 0. The van der Waals surface area contributed by atoms with Crippen LogP contribution in [0, 0.1) is 11.3 Å². The van der Waals surface area contributed by atoms with Crippen LogP contribution in [0.4, 0.5) is 0 Å². The number of hydrogen-bond acceptors (Lipinski definition) is 4. The Morgan fingerprint density at radius 3 is 2.58 bits per heavy atom. The van der Waals surface area contributed by atoms with E-state index in [1.807, 2.05) is 0 Å². The van der Waals surface area contributed by atoms with Crippen molar-refractivity contribution in [3.63, 3.8) is 0 Å². The maximum absolute atomic E-state index is 12.7. The molecule has 3 heterocycles. The molecule has 1 aromatic heterocycles. The fraction of sp³-hybridized carbons (Fsp3) is 0.706. The van der Waals surface area contributed by atoms with E-state index in [1.165, 1.54) is 25.7 Å². The molecule has 0 radical (unpaired) electrons. The normalized spacial score (nSPS) is 30.9. The third-order valence-corrected chi connectivity index (χ3v) is 6.23. The van der Waals surface area contributed by atoms with E-state index >= 15 is 0 Å². The molecule has 4 rings (SSSR count). The Balaban J connectivity index is 1.54. The van der Waals surface area contributed by atoms with Crippen molar-refractivity contribution >= 4 is 11.9 Å². The van der Waals surface area contributed by atoms with Gasteiger partial charge in [-0.3, -0.25) is 19.2 Å². The summed E-state index contributed by atoms with van der Waals surface area (Å²) in [6.45, 7) is 2.21. The van der Waals surface area contributed by atoms with Crippen molar-refractivity contribution in [3.05, 3.63) is 18.0 Å². The maximum atomic E-state index is 12.7. The first-order valence-electron chi connectivity index (χ1n) is 8.76. The number of likely N-dealkylation sites (tertiary alicyclic amines) is 2. The highest BCUT2D eigenvalue weighted by atomic mass is 16.4. The quantitative estimate of drug-likeness (QED) is 0.887. The van der Waals surface area contributed by atoms with Crippen LogP contribution in [-0.4, -0.2) is 68.8 Å². The van der Waals surface area contributed by atoms with Crippen LogP contribution >= 0.6 is 0 Å². The molecule has 1 aliphatic carbocycles. The fourth-order valence-corrected chi connectivity index (χ4v) is 4.85. The van der Waals surface area contributed by atoms with E-state index in [0.29, 0.717) is 31.4 Å². The number of aliphatic carboxylic acids is 1. The molecule has 1 N–H and O–H groups in total. The number of carbonyl (C=O) groups excluding carboxylic acids is 1. The fourth-order valence-electron chi connectivity index (χ4n) is 4.85. The minimum absolute atomic E-state index is 0.0211. The van der Waals surface area contributed by atoms with Gasteiger partial charge in [-0.2, -0.15) is 5.10 Å². The lowest BCUT2D eigenvalue weighted by atomic mass is 9.81. The highest BCUT2D eigenvalue weighted by Crippen LogP contribution is 2.45. The third-order valence-electron chi connectivity index (χ3n) is 6.23. The number of hydrogen-bond donors (Lipinski definition) is 1. The van der Waals surface area contributed by atoms with Crippen molar-refractivity contribution < 1.29 is 14.7 Å². The molecule has 130 valence electrons. The van der Waals surface area contributed by atoms with E-state index in [9.17, 15) is 14.7 Å². The zero-order chi connectivity index (χ0) is 16.9. The van der Waals surface area contributed by atoms with Crippen molar-refractivity contribution in [1.29, 1.82) is 0 Å². The van der Waals surface area contributed by atoms with Gasteiger partial charge < -0.3 is 10.0 Å². The first-order valence-corrected chi connectivity index (χ1v) is 8.76. The first kappa shape index (κ1) is 15.6. The number of fused-ring (bicyclic) bond motifs is 1. The largest absolute Gasteiger partial charge is 0.481 e. The van der Waals surface area contributed by atoms with Gasteiger partial charge in [0.2, 0.25) is 0 Å². The van der Waals surface area contributed by atoms with E-state index < -0.39 is 11.4 Å². The van der Waals surface area contributed by atoms with Crippen molar-refractivity contribution in [2.45, 2.75) is 31.7 Å². The topological polar surface area (TPSA) is 78.7 Å². The number of nitrogens with zero attached hydrogens (tertiary/aromatic N) is 4. The van der Waals surface area contributed by atoms with Crippen LogP contribution in [0.2, 0.25) is 0 Å². The van der Waals surface area contributed by atoms with Gasteiger partial charge in [0, 0.05) is 51.4 Å². The molecule has 24 heavy (non-hydrogen) atoms. The SMILES string of the molecule is Cn1nccc1C(=O)N1C[C@@H]2CN(C3CCCC3)C[C@]2(C(=O)O)C1. The molecular weight excluding hydrogens is 308 g/mol. The zero-order valence-corrected chi connectivity index (χ0v) is 14.0. The van der Waals surface area contributed by atoms with Crippen molar-refractivity contribution in [1.82, 2.24) is 19.6 Å². The molecule has 0 unspecified atom stereocenters. The molecule has 0 spiro atoms. The van der Waals surface area contributed by atoms with E-state index in [0.717, 1.165) is 6.54 Å². The van der Waals surface area contributed by atoms with Gasteiger partial charge in [0.1, 0.15) is 11.1 Å². The molecular formula is C17H24N4O3. The molecule has 1 aromatic rings. The van der Waals surface area contributed by atoms with Crippen molar-refractivity contribution in [2.75, 3.05) is 26.2 Å². The molecule has 1 amide bonds. The van der Waals surface area contributed by atoms with Gasteiger partial charge in [-0.15, -0.1) is 0 Å². The summed E-state index contributed by atoms with van der Waals surface area (Å²) in [5, 5.41) is 14.0. The van der Waals surface area contributed by atoms with Gasteiger partial charge >= 0.3 is 5.97 Å². The summed E-state index contributed by atoms with van der Waals surface area (Å²) in [5.41, 5.74) is -0.292. The predicted octanol–water partition coefficient (Wildman–Crippen LogP) is 0.821. The Morgan fingerprint density at radius 1 is 1.25 bits per heavy atom. The standard InChI is InChI=1S/C17H24N4O3/c1-19-14(6-7-18-19)15(22)21-9-12-8-20(13-4-2-3-5-13)10-17(12,11-21)16(23)24/h6-7,12-13H,2-5,8-11H2,1H3,(H,23,24)/t12-,17-/m0/s1. The zero-order valence-electron chi connectivity index (χ0n) is 14.0. The lowest BCUT2D eigenvalue weighted by molar-refractivity contribution is -0.148. The van der Waals surface area contributed by atoms with E-state index in [-0.39, 0.29) is 11.8 Å². The number of amides is 1. The van der Waals surface area contributed by atoms with Crippen molar-refractivity contribution in [3.8, 4) is 0 Å². The van der Waals surface area contributed by atoms with E-state index in [4.69, 9.17) is 0 Å². The molecule has 3 aliphatic rings. The second-order valence-electron chi connectivity index (χ2n) is 7.55. The van der Waals surface area contributed by atoms with Crippen LogP contribution < -0.4 is 0 Å². The summed E-state index contributed by atoms with van der Waals surface area (Å²) in [6, 6.07) is 2.22. The number of aromatic nitrogens is 2. The number of carboxylic acids is 1. The highest BCUT2D eigenvalue weighted by Gasteiger charge is 2.59. The smallest absolute Gasteiger partial charge is 0.313 e. The van der Waals surface area contributed by atoms with Gasteiger partial charge in [-0.05, 0) is 18.9 Å². The van der Waals surface area contributed by atoms with Crippen LogP contribution in [0.3, 0.4) is 0 Å². The summed E-state index contributed by atoms with van der Waals surface area (Å²) < 4.78 is 1.55. The summed E-state index contributed by atoms with van der Waals surface area (Å²) in [6.07, 6.45) is 6.45. The molecule has 2 aliphatic heterocycles. The molecule has 7 heteroatoms. The molecule has 7 nitrogen and oxygen atoms in total. The molecule has 2 atom stereocenters. The summed E-state index contributed by atoms with van der Waals surface area (Å²) in [5.74, 6) is -0.849. The number of carboxylic acid groups (broad SMARTS) is 1. The van der Waals surface area contributed by atoms with Crippen LogP contribution in [0.1, 0.15) is 36.2 Å². The Hall–Kier alpha value is -1.89. The van der Waals surface area contributed by atoms with Gasteiger partial charge in [0.25, 0.3) is 5.91 Å². The number of carbonyl (C=O) groups is 2. The number of aryl methyl sites for hydroxylation is 1. The minimum Gasteiger partial charge on any atom is -0.481 e. The second kappa shape index (κ2) is 5.58. The third kappa shape index (κ3) is 2.25. The van der Waals surface area contributed by atoms with Crippen LogP contribution in [0.15, 0.2) is 12.3 Å². The van der Waals surface area contributed by atoms with Gasteiger partial charge in [0.05, 0.1) is 0 Å². The van der Waals surface area contributed by atoms with Gasteiger partial charge in [-0.1, -0.05) is 12.8 Å². The average molecular weight is 332 g/mol. The summed E-state index contributed by atoms with van der Waals surface area (Å²) in [4.78, 5) is 28.9. The minimum atomic E-state index is -0.809. The lowest BCUT2D eigenvalue weighted by Crippen LogP contribution is -2.43. The summed E-state index contributed by atoms with van der Waals surface area (Å²) in [7, 11) is 1.74. The Kier molecular flexibility index (Phi) is 3.63. The van der Waals surface area contributed by atoms with Gasteiger partial charge in [0.15, 0.2) is 0 Å². The first-order chi connectivity index (χ1) is 11.5.